The van der Waals surface area contributed by atoms with Gasteiger partial charge in [0.25, 0.3) is 0 Å². The summed E-state index contributed by atoms with van der Waals surface area (Å²) in [6.07, 6.45) is 0. The molecule has 1 aromatic carbocycles. The lowest BCUT2D eigenvalue weighted by Crippen LogP contribution is -2.44. The van der Waals surface area contributed by atoms with E-state index in [2.05, 4.69) is 70.9 Å². The number of benzene rings is 1. The molecule has 0 spiro atoms. The van der Waals surface area contributed by atoms with E-state index in [1.54, 1.807) is 0 Å². The van der Waals surface area contributed by atoms with Gasteiger partial charge in [-0.1, -0.05) is 41.9 Å². The van der Waals surface area contributed by atoms with Crippen molar-refractivity contribution in [1.29, 1.82) is 0 Å². The number of fused-ring (bicyclic) bond motifs is 1. The van der Waals surface area contributed by atoms with Crippen LogP contribution in [0.1, 0.15) is 13.8 Å². The van der Waals surface area contributed by atoms with Gasteiger partial charge >= 0.3 is 0 Å². The molecule has 0 N–H and O–H groups in total. The van der Waals surface area contributed by atoms with Crippen LogP contribution in [0.2, 0.25) is 0 Å². The Kier molecular flexibility index (Phi) is 3.67. The van der Waals surface area contributed by atoms with Gasteiger partial charge in [-0.15, -0.1) is 0 Å². The number of hydrogen-bond donors (Lipinski definition) is 0. The molecule has 0 atom stereocenters. The Hall–Kier alpha value is -0.700. The molecule has 1 heterocycles. The van der Waals surface area contributed by atoms with E-state index in [0.29, 0.717) is 5.41 Å². The fourth-order valence-corrected chi connectivity index (χ4v) is 2.47. The van der Waals surface area contributed by atoms with Crippen LogP contribution in [0.15, 0.2) is 24.3 Å². The van der Waals surface area contributed by atoms with Crippen molar-refractivity contribution in [2.75, 3.05) is 41.8 Å². The van der Waals surface area contributed by atoms with Crippen molar-refractivity contribution in [3.05, 3.63) is 24.3 Å². The van der Waals surface area contributed by atoms with Crippen molar-refractivity contribution >= 4 is 27.3 Å². The normalized spacial score (nSPS) is 16.0. The minimum absolute atomic E-state index is 0.309. The summed E-state index contributed by atoms with van der Waals surface area (Å²) in [7, 11) is 2.17. The Balaban J connectivity index is 2.24. The predicted octanol–water partition coefficient (Wildman–Crippen LogP) is 3.36. The SMILES string of the molecule is CN1CCN(CC(C)(C)CBr)c2ccccc21. The maximum Gasteiger partial charge on any atom is 0.0604 e. The molecule has 3 heteroatoms. The lowest BCUT2D eigenvalue weighted by Gasteiger charge is -2.40. The van der Waals surface area contributed by atoms with Crippen LogP contribution in [0.4, 0.5) is 11.4 Å². The molecular formula is C14H21BrN2. The van der Waals surface area contributed by atoms with Crippen LogP contribution in [0, 0.1) is 5.41 Å². The van der Waals surface area contributed by atoms with Crippen LogP contribution in [0.3, 0.4) is 0 Å². The van der Waals surface area contributed by atoms with Crippen molar-refractivity contribution in [2.45, 2.75) is 13.8 Å². The van der Waals surface area contributed by atoms with E-state index in [9.17, 15) is 0 Å². The van der Waals surface area contributed by atoms with Crippen LogP contribution in [0.25, 0.3) is 0 Å². The first-order valence-corrected chi connectivity index (χ1v) is 7.27. The minimum atomic E-state index is 0.309. The smallest absolute Gasteiger partial charge is 0.0604 e. The molecule has 0 bridgehead atoms. The Morgan fingerprint density at radius 2 is 1.82 bits per heavy atom. The Morgan fingerprint density at radius 1 is 1.18 bits per heavy atom. The van der Waals surface area contributed by atoms with Crippen molar-refractivity contribution < 1.29 is 0 Å². The number of anilines is 2. The van der Waals surface area contributed by atoms with Crippen molar-refractivity contribution in [3.63, 3.8) is 0 Å². The van der Waals surface area contributed by atoms with Gasteiger partial charge in [-0.25, -0.2) is 0 Å². The summed E-state index contributed by atoms with van der Waals surface area (Å²) >= 11 is 3.61. The zero-order valence-corrected chi connectivity index (χ0v) is 12.5. The molecule has 1 aliphatic rings. The highest BCUT2D eigenvalue weighted by Crippen LogP contribution is 2.34. The van der Waals surface area contributed by atoms with E-state index < -0.39 is 0 Å². The molecule has 0 saturated carbocycles. The summed E-state index contributed by atoms with van der Waals surface area (Å²) in [6.45, 7) is 7.94. The lowest BCUT2D eigenvalue weighted by molar-refractivity contribution is 0.421. The van der Waals surface area contributed by atoms with Gasteiger partial charge in [-0.05, 0) is 17.5 Å². The fourth-order valence-electron chi connectivity index (χ4n) is 2.29. The van der Waals surface area contributed by atoms with Crippen LogP contribution in [0.5, 0.6) is 0 Å². The maximum atomic E-state index is 3.61. The molecule has 0 aromatic heterocycles. The zero-order chi connectivity index (χ0) is 12.5. The number of halogens is 1. The average molecular weight is 297 g/mol. The second-order valence-corrected chi connectivity index (χ2v) is 6.19. The summed E-state index contributed by atoms with van der Waals surface area (Å²) in [5, 5.41) is 1.04. The maximum absolute atomic E-state index is 3.61. The molecule has 0 unspecified atom stereocenters. The minimum Gasteiger partial charge on any atom is -0.371 e. The number of alkyl halides is 1. The summed E-state index contributed by atoms with van der Waals surface area (Å²) in [4.78, 5) is 4.85. The molecule has 0 radical (unpaired) electrons. The van der Waals surface area contributed by atoms with E-state index in [4.69, 9.17) is 0 Å². The molecule has 94 valence electrons. The van der Waals surface area contributed by atoms with Crippen molar-refractivity contribution in [2.24, 2.45) is 5.41 Å². The molecule has 2 nitrogen and oxygen atoms in total. The summed E-state index contributed by atoms with van der Waals surface area (Å²) in [6, 6.07) is 8.69. The second-order valence-electron chi connectivity index (χ2n) is 5.63. The number of nitrogens with zero attached hydrogens (tertiary/aromatic N) is 2. The Morgan fingerprint density at radius 3 is 2.47 bits per heavy atom. The number of rotatable bonds is 3. The Bertz CT molecular complexity index is 390. The van der Waals surface area contributed by atoms with E-state index in [-0.39, 0.29) is 0 Å². The highest BCUT2D eigenvalue weighted by molar-refractivity contribution is 9.09. The number of likely N-dealkylation sites (N-methyl/N-ethyl adjacent to an activating group) is 1. The quantitative estimate of drug-likeness (QED) is 0.789. The zero-order valence-electron chi connectivity index (χ0n) is 10.9. The molecule has 0 aliphatic carbocycles. The predicted molar refractivity (Wildman–Crippen MR) is 79.5 cm³/mol. The van der Waals surface area contributed by atoms with Gasteiger partial charge < -0.3 is 9.80 Å². The molecular weight excluding hydrogens is 276 g/mol. The number of hydrogen-bond acceptors (Lipinski definition) is 2. The standard InChI is InChI=1S/C14H21BrN2/c1-14(2,10-15)11-17-9-8-16(3)12-6-4-5-7-13(12)17/h4-7H,8-11H2,1-3H3. The number of para-hydroxylation sites is 2. The summed E-state index contributed by atoms with van der Waals surface area (Å²) < 4.78 is 0. The largest absolute Gasteiger partial charge is 0.371 e. The Labute approximate surface area is 113 Å². The van der Waals surface area contributed by atoms with Crippen LogP contribution >= 0.6 is 15.9 Å². The van der Waals surface area contributed by atoms with Gasteiger partial charge in [0.2, 0.25) is 0 Å². The lowest BCUT2D eigenvalue weighted by atomic mass is 9.95. The van der Waals surface area contributed by atoms with Gasteiger partial charge in [0, 0.05) is 32.0 Å². The first kappa shape index (κ1) is 12.7. The molecule has 0 amide bonds. The topological polar surface area (TPSA) is 6.48 Å². The molecule has 1 aromatic rings. The van der Waals surface area contributed by atoms with Crippen LogP contribution in [-0.2, 0) is 0 Å². The third-order valence-corrected chi connectivity index (χ3v) is 4.84. The van der Waals surface area contributed by atoms with Gasteiger partial charge in [0.1, 0.15) is 0 Å². The molecule has 1 aliphatic heterocycles. The highest BCUT2D eigenvalue weighted by atomic mass is 79.9. The average Bonchev–Trinajstić information content (AvgIpc) is 2.33. The second kappa shape index (κ2) is 4.89. The molecule has 17 heavy (non-hydrogen) atoms. The van der Waals surface area contributed by atoms with Gasteiger partial charge in [0.05, 0.1) is 11.4 Å². The summed E-state index contributed by atoms with van der Waals surface area (Å²) in [5.41, 5.74) is 3.03. The van der Waals surface area contributed by atoms with Crippen LogP contribution < -0.4 is 9.80 Å². The molecule has 0 fully saturated rings. The first-order chi connectivity index (χ1) is 8.03. The van der Waals surface area contributed by atoms with E-state index in [1.165, 1.54) is 11.4 Å². The fraction of sp³-hybridized carbons (Fsp3) is 0.571. The summed E-state index contributed by atoms with van der Waals surface area (Å²) in [5.74, 6) is 0. The van der Waals surface area contributed by atoms with Gasteiger partial charge in [-0.2, -0.15) is 0 Å². The van der Waals surface area contributed by atoms with Gasteiger partial charge in [-0.3, -0.25) is 0 Å². The monoisotopic (exact) mass is 296 g/mol. The first-order valence-electron chi connectivity index (χ1n) is 6.14. The highest BCUT2D eigenvalue weighted by Gasteiger charge is 2.25. The molecule has 2 rings (SSSR count). The van der Waals surface area contributed by atoms with Crippen LogP contribution in [-0.4, -0.2) is 32.0 Å². The van der Waals surface area contributed by atoms with E-state index >= 15 is 0 Å². The van der Waals surface area contributed by atoms with Crippen molar-refractivity contribution in [1.82, 2.24) is 0 Å². The third kappa shape index (κ3) is 2.76. The molecule has 0 saturated heterocycles. The van der Waals surface area contributed by atoms with Crippen molar-refractivity contribution in [3.8, 4) is 0 Å². The van der Waals surface area contributed by atoms with E-state index in [1.807, 2.05) is 0 Å². The van der Waals surface area contributed by atoms with Gasteiger partial charge in [0.15, 0.2) is 0 Å². The van der Waals surface area contributed by atoms with E-state index in [0.717, 1.165) is 25.0 Å². The third-order valence-electron chi connectivity index (χ3n) is 3.32.